The Morgan fingerprint density at radius 2 is 1.80 bits per heavy atom. The molecule has 0 saturated heterocycles. The number of ether oxygens (including phenoxy) is 1. The Morgan fingerprint density at radius 3 is 2.27 bits per heavy atom. The largest absolute Gasteiger partial charge is 0.465 e. The van der Waals surface area contributed by atoms with E-state index in [0.29, 0.717) is 12.5 Å². The predicted octanol–water partition coefficient (Wildman–Crippen LogP) is 3.79. The van der Waals surface area contributed by atoms with Crippen molar-refractivity contribution in [3.8, 4) is 0 Å². The molecule has 1 atom stereocenters. The highest BCUT2D eigenvalue weighted by Gasteiger charge is 2.18. The highest BCUT2D eigenvalue weighted by Crippen LogP contribution is 2.17. The van der Waals surface area contributed by atoms with Gasteiger partial charge < -0.3 is 4.74 Å². The average molecular weight is 214 g/mol. The van der Waals surface area contributed by atoms with Gasteiger partial charge in [-0.15, -0.1) is 0 Å². The van der Waals surface area contributed by atoms with Crippen molar-refractivity contribution in [1.82, 2.24) is 0 Å². The molecule has 2 heteroatoms. The lowest BCUT2D eigenvalue weighted by Crippen LogP contribution is -2.20. The van der Waals surface area contributed by atoms with E-state index in [1.165, 1.54) is 0 Å². The van der Waals surface area contributed by atoms with Crippen molar-refractivity contribution in [3.05, 3.63) is 0 Å². The van der Waals surface area contributed by atoms with Gasteiger partial charge in [0.25, 0.3) is 0 Å². The van der Waals surface area contributed by atoms with Crippen LogP contribution in [0.1, 0.15) is 59.8 Å². The molecule has 90 valence electrons. The van der Waals surface area contributed by atoms with E-state index in [1.807, 2.05) is 0 Å². The summed E-state index contributed by atoms with van der Waals surface area (Å²) in [7, 11) is 0. The first-order chi connectivity index (χ1) is 7.11. The van der Waals surface area contributed by atoms with Crippen LogP contribution in [0.2, 0.25) is 0 Å². The van der Waals surface area contributed by atoms with Crippen molar-refractivity contribution in [2.45, 2.75) is 59.8 Å². The summed E-state index contributed by atoms with van der Waals surface area (Å²) in [6.45, 7) is 8.96. The van der Waals surface area contributed by atoms with E-state index in [-0.39, 0.29) is 11.9 Å². The molecule has 0 rings (SSSR count). The van der Waals surface area contributed by atoms with Gasteiger partial charge >= 0.3 is 5.97 Å². The second kappa shape index (κ2) is 8.75. The molecule has 0 aliphatic carbocycles. The van der Waals surface area contributed by atoms with E-state index in [0.717, 1.165) is 32.1 Å². The van der Waals surface area contributed by atoms with Gasteiger partial charge in [-0.05, 0) is 18.8 Å². The van der Waals surface area contributed by atoms with Gasteiger partial charge in [0, 0.05) is 0 Å². The van der Waals surface area contributed by atoms with Gasteiger partial charge in [0.2, 0.25) is 0 Å². The first kappa shape index (κ1) is 14.5. The fourth-order valence-corrected chi connectivity index (χ4v) is 1.55. The number of hydrogen-bond acceptors (Lipinski definition) is 2. The SMILES string of the molecule is CCCCC(CCC)C(=O)OCC(C)C. The minimum Gasteiger partial charge on any atom is -0.465 e. The molecule has 0 spiro atoms. The molecule has 0 N–H and O–H groups in total. The van der Waals surface area contributed by atoms with Crippen LogP contribution in [0, 0.1) is 11.8 Å². The number of unbranched alkanes of at least 4 members (excludes halogenated alkanes) is 1. The lowest BCUT2D eigenvalue weighted by Gasteiger charge is -2.15. The van der Waals surface area contributed by atoms with Gasteiger partial charge in [0.05, 0.1) is 12.5 Å². The Bertz CT molecular complexity index is 164. The zero-order valence-corrected chi connectivity index (χ0v) is 10.7. The Morgan fingerprint density at radius 1 is 1.13 bits per heavy atom. The summed E-state index contributed by atoms with van der Waals surface area (Å²) >= 11 is 0. The Hall–Kier alpha value is -0.530. The third-order valence-corrected chi connectivity index (χ3v) is 2.44. The van der Waals surface area contributed by atoms with E-state index in [9.17, 15) is 4.79 Å². The molecule has 0 aromatic rings. The number of hydrogen-bond donors (Lipinski definition) is 0. The van der Waals surface area contributed by atoms with Crippen LogP contribution in [0.15, 0.2) is 0 Å². The Kier molecular flexibility index (Phi) is 8.44. The fraction of sp³-hybridized carbons (Fsp3) is 0.923. The van der Waals surface area contributed by atoms with Gasteiger partial charge in [-0.3, -0.25) is 4.79 Å². The van der Waals surface area contributed by atoms with Crippen LogP contribution in [0.25, 0.3) is 0 Å². The summed E-state index contributed by atoms with van der Waals surface area (Å²) in [5, 5.41) is 0. The van der Waals surface area contributed by atoms with Crippen molar-refractivity contribution in [1.29, 1.82) is 0 Å². The molecule has 0 heterocycles. The first-order valence-electron chi connectivity index (χ1n) is 6.28. The lowest BCUT2D eigenvalue weighted by atomic mass is 9.97. The molecule has 0 bridgehead atoms. The van der Waals surface area contributed by atoms with E-state index >= 15 is 0 Å². The molecule has 0 aliphatic heterocycles. The Balaban J connectivity index is 3.92. The van der Waals surface area contributed by atoms with Crippen molar-refractivity contribution in [2.24, 2.45) is 11.8 Å². The molecule has 0 aromatic heterocycles. The van der Waals surface area contributed by atoms with Gasteiger partial charge in [0.1, 0.15) is 0 Å². The van der Waals surface area contributed by atoms with Gasteiger partial charge in [-0.1, -0.05) is 47.0 Å². The van der Waals surface area contributed by atoms with Gasteiger partial charge in [-0.25, -0.2) is 0 Å². The van der Waals surface area contributed by atoms with Crippen LogP contribution in [-0.4, -0.2) is 12.6 Å². The highest BCUT2D eigenvalue weighted by molar-refractivity contribution is 5.72. The lowest BCUT2D eigenvalue weighted by molar-refractivity contribution is -0.150. The minimum absolute atomic E-state index is 0.0130. The summed E-state index contributed by atoms with van der Waals surface area (Å²) in [6, 6.07) is 0. The smallest absolute Gasteiger partial charge is 0.308 e. The first-order valence-corrected chi connectivity index (χ1v) is 6.28. The predicted molar refractivity (Wildman–Crippen MR) is 63.7 cm³/mol. The Labute approximate surface area is 94.4 Å². The van der Waals surface area contributed by atoms with Gasteiger partial charge in [-0.2, -0.15) is 0 Å². The molecule has 2 nitrogen and oxygen atoms in total. The maximum Gasteiger partial charge on any atom is 0.308 e. The zero-order chi connectivity index (χ0) is 11.7. The maximum absolute atomic E-state index is 11.7. The van der Waals surface area contributed by atoms with Crippen LogP contribution in [-0.2, 0) is 9.53 Å². The maximum atomic E-state index is 11.7. The summed E-state index contributed by atoms with van der Waals surface area (Å²) in [6.07, 6.45) is 5.29. The second-order valence-electron chi connectivity index (χ2n) is 4.65. The number of carbonyl (C=O) groups excluding carboxylic acids is 1. The average Bonchev–Trinajstić information content (AvgIpc) is 2.20. The molecule has 0 aliphatic rings. The molecule has 1 unspecified atom stereocenters. The van der Waals surface area contributed by atoms with Crippen LogP contribution in [0.5, 0.6) is 0 Å². The van der Waals surface area contributed by atoms with E-state index in [1.54, 1.807) is 0 Å². The molecule has 15 heavy (non-hydrogen) atoms. The van der Waals surface area contributed by atoms with Crippen molar-refractivity contribution >= 4 is 5.97 Å². The van der Waals surface area contributed by atoms with E-state index in [4.69, 9.17) is 4.74 Å². The van der Waals surface area contributed by atoms with Crippen molar-refractivity contribution in [2.75, 3.05) is 6.61 Å². The van der Waals surface area contributed by atoms with Crippen molar-refractivity contribution < 1.29 is 9.53 Å². The second-order valence-corrected chi connectivity index (χ2v) is 4.65. The molecule has 0 amide bonds. The number of esters is 1. The fourth-order valence-electron chi connectivity index (χ4n) is 1.55. The summed E-state index contributed by atoms with van der Waals surface area (Å²) in [4.78, 5) is 11.7. The summed E-state index contributed by atoms with van der Waals surface area (Å²) in [5.74, 6) is 0.579. The number of carbonyl (C=O) groups is 1. The molecular formula is C13H26O2. The highest BCUT2D eigenvalue weighted by atomic mass is 16.5. The van der Waals surface area contributed by atoms with E-state index in [2.05, 4.69) is 27.7 Å². The third-order valence-electron chi connectivity index (χ3n) is 2.44. The quantitative estimate of drug-likeness (QED) is 0.575. The number of rotatable bonds is 8. The zero-order valence-electron chi connectivity index (χ0n) is 10.7. The molecule has 0 radical (unpaired) electrons. The normalized spacial score (nSPS) is 12.9. The minimum atomic E-state index is 0.0130. The molecule has 0 fully saturated rings. The molecule has 0 aromatic carbocycles. The standard InChI is InChI=1S/C13H26O2/c1-5-7-9-12(8-6-2)13(14)15-10-11(3)4/h11-12H,5-10H2,1-4H3. The molecular weight excluding hydrogens is 188 g/mol. The van der Waals surface area contributed by atoms with Crippen LogP contribution >= 0.6 is 0 Å². The van der Waals surface area contributed by atoms with Crippen LogP contribution in [0.3, 0.4) is 0 Å². The summed E-state index contributed by atoms with van der Waals surface area (Å²) in [5.41, 5.74) is 0. The monoisotopic (exact) mass is 214 g/mol. The van der Waals surface area contributed by atoms with Crippen LogP contribution in [0.4, 0.5) is 0 Å². The molecule has 0 saturated carbocycles. The van der Waals surface area contributed by atoms with Gasteiger partial charge in [0.15, 0.2) is 0 Å². The third kappa shape index (κ3) is 7.40. The topological polar surface area (TPSA) is 26.3 Å². The summed E-state index contributed by atoms with van der Waals surface area (Å²) < 4.78 is 5.28. The van der Waals surface area contributed by atoms with Crippen LogP contribution < -0.4 is 0 Å². The van der Waals surface area contributed by atoms with Crippen molar-refractivity contribution in [3.63, 3.8) is 0 Å². The van der Waals surface area contributed by atoms with E-state index < -0.39 is 0 Å².